The normalized spacial score (nSPS) is 18.4. The van der Waals surface area contributed by atoms with Crippen molar-refractivity contribution in [1.82, 2.24) is 43.0 Å². The summed E-state index contributed by atoms with van der Waals surface area (Å²) in [7, 11) is 0. The van der Waals surface area contributed by atoms with E-state index in [4.69, 9.17) is 5.73 Å². The number of hydrogen-bond donors (Lipinski definition) is 8. The van der Waals surface area contributed by atoms with E-state index in [1.54, 1.807) is 6.92 Å². The molecule has 8 atom stereocenters. The molecule has 2 aliphatic heterocycles. The van der Waals surface area contributed by atoms with E-state index in [1.807, 2.05) is 30.3 Å². The number of amides is 6. The maximum Gasteiger partial charge on any atom is 0.245 e. The smallest absolute Gasteiger partial charge is 0.245 e. The molecule has 0 aromatic heterocycles. The second-order valence-electron chi connectivity index (χ2n) is 18.6. The quantitative estimate of drug-likeness (QED) is 0.0350. The third-order valence-corrected chi connectivity index (χ3v) is 13.1. The van der Waals surface area contributed by atoms with Crippen LogP contribution < -0.4 is 43.8 Å². The number of unbranched alkanes of at least 4 members (excludes halogenated alkanes) is 5. The Morgan fingerprint density at radius 2 is 1.44 bits per heavy atom. The lowest BCUT2D eigenvalue weighted by Crippen LogP contribution is -2.58. The van der Waals surface area contributed by atoms with E-state index in [0.29, 0.717) is 70.9 Å². The Bertz CT molecular complexity index is 1590. The van der Waals surface area contributed by atoms with Crippen LogP contribution in [0.4, 0.5) is 0 Å². The molecule has 16 heteroatoms. The van der Waals surface area contributed by atoms with E-state index in [1.165, 1.54) is 37.0 Å². The van der Waals surface area contributed by atoms with E-state index in [-0.39, 0.29) is 49.7 Å². The van der Waals surface area contributed by atoms with Gasteiger partial charge in [0.05, 0.1) is 12.1 Å². The molecule has 2 saturated heterocycles. The minimum Gasteiger partial charge on any atom is -0.355 e. The first-order valence-corrected chi connectivity index (χ1v) is 25.1. The van der Waals surface area contributed by atoms with Gasteiger partial charge in [0.1, 0.15) is 30.5 Å². The molecule has 0 radical (unpaired) electrons. The van der Waals surface area contributed by atoms with Crippen molar-refractivity contribution in [2.75, 3.05) is 26.2 Å². The third kappa shape index (κ3) is 21.5. The number of hydrogen-bond acceptors (Lipinski definition) is 10. The molecule has 66 heavy (non-hydrogen) atoms. The van der Waals surface area contributed by atoms with Gasteiger partial charge in [-0.25, -0.2) is 0 Å². The number of likely N-dealkylation sites (tertiary alicyclic amines) is 1. The van der Waals surface area contributed by atoms with Crippen LogP contribution in [0.25, 0.3) is 0 Å². The standard InChI is InChI=1S/C50H84N8O7.H3N/c1-5-36(3)34-37(4)20-12-9-7-8-10-15-27-45(60)55-42(25-18-32-53-46(61)41-24-17-31-52-41)48(63)56-40(6-2)50(65)58-33-19-26-44(58)49(64)57-43(29-28-38-21-13-11-14-22-38)47(62)54-39(35-59)23-16-30-51;/h11,13-14,21-22,35-37,39-44,52H,5-10,12,15-20,23-34,51H2,1-4H3,(H,53,61)(H,54,62)(H,55,60)(H,56,63)(H,57,64);1H3/t36?,37?,39-,40-,41?,42-,43-,44-;/m0./s1. The van der Waals surface area contributed by atoms with Gasteiger partial charge in [-0.1, -0.05) is 103 Å². The average molecular weight is 926 g/mol. The summed E-state index contributed by atoms with van der Waals surface area (Å²) in [6.45, 7) is 10.5. The molecule has 3 unspecified atom stereocenters. The summed E-state index contributed by atoms with van der Waals surface area (Å²) >= 11 is 0. The van der Waals surface area contributed by atoms with E-state index in [9.17, 15) is 33.6 Å². The molecule has 16 nitrogen and oxygen atoms in total. The van der Waals surface area contributed by atoms with Gasteiger partial charge in [-0.3, -0.25) is 28.8 Å². The van der Waals surface area contributed by atoms with Gasteiger partial charge in [-0.15, -0.1) is 0 Å². The number of nitrogens with zero attached hydrogens (tertiary/aromatic N) is 1. The summed E-state index contributed by atoms with van der Waals surface area (Å²) in [5.41, 5.74) is 6.61. The molecule has 0 bridgehead atoms. The number of aryl methyl sites for hydroxylation is 1. The molecule has 2 fully saturated rings. The van der Waals surface area contributed by atoms with Crippen molar-refractivity contribution >= 4 is 41.7 Å². The Kier molecular flexibility index (Phi) is 29.0. The van der Waals surface area contributed by atoms with Crippen LogP contribution >= 0.6 is 0 Å². The van der Waals surface area contributed by atoms with Crippen LogP contribution in [-0.2, 0) is 40.0 Å². The number of nitrogens with one attached hydrogen (secondary N) is 6. The van der Waals surface area contributed by atoms with Crippen molar-refractivity contribution < 1.29 is 33.6 Å². The van der Waals surface area contributed by atoms with Crippen molar-refractivity contribution in [3.8, 4) is 0 Å². The van der Waals surface area contributed by atoms with Crippen molar-refractivity contribution in [2.45, 2.75) is 199 Å². The maximum absolute atomic E-state index is 14.2. The second kappa shape index (κ2) is 33.1. The SMILES string of the molecule is CCC(C)CC(C)CCCCCCCCC(=O)N[C@@H](CCCNC(=O)C1CCCN1)C(=O)N[C@@H](CC)C(=O)N1CCC[C@H]1C(=O)N[C@@H](CCc1ccccc1)C(=O)N[C@H](C=O)CCCN.N. The van der Waals surface area contributed by atoms with Crippen LogP contribution in [0, 0.1) is 11.8 Å². The van der Waals surface area contributed by atoms with Crippen molar-refractivity contribution in [3.63, 3.8) is 0 Å². The zero-order chi connectivity index (χ0) is 47.4. The Hall–Kier alpha value is -4.41. The Balaban J connectivity index is 0.0000150. The number of carbonyl (C=O) groups is 7. The van der Waals surface area contributed by atoms with Gasteiger partial charge < -0.3 is 53.5 Å². The first-order chi connectivity index (χ1) is 31.4. The Morgan fingerprint density at radius 3 is 2.11 bits per heavy atom. The number of nitrogens with two attached hydrogens (primary N) is 1. The summed E-state index contributed by atoms with van der Waals surface area (Å²) in [5, 5.41) is 17.6. The highest BCUT2D eigenvalue weighted by atomic mass is 16.2. The number of rotatable bonds is 33. The monoisotopic (exact) mass is 926 g/mol. The molecule has 2 aliphatic rings. The van der Waals surface area contributed by atoms with Gasteiger partial charge in [0.2, 0.25) is 35.4 Å². The highest BCUT2D eigenvalue weighted by molar-refractivity contribution is 5.96. The van der Waals surface area contributed by atoms with Gasteiger partial charge in [0.15, 0.2) is 0 Å². The average Bonchev–Trinajstić information content (AvgIpc) is 4.04. The van der Waals surface area contributed by atoms with Crippen molar-refractivity contribution in [1.29, 1.82) is 0 Å². The highest BCUT2D eigenvalue weighted by Gasteiger charge is 2.39. The summed E-state index contributed by atoms with van der Waals surface area (Å²) in [6.07, 6.45) is 16.2. The first kappa shape index (κ1) is 57.7. The predicted molar refractivity (Wildman–Crippen MR) is 260 cm³/mol. The van der Waals surface area contributed by atoms with Crippen LogP contribution in [0.2, 0.25) is 0 Å². The van der Waals surface area contributed by atoms with Gasteiger partial charge in [-0.2, -0.15) is 0 Å². The molecule has 1 aromatic rings. The number of benzene rings is 1. The molecule has 11 N–H and O–H groups in total. The second-order valence-corrected chi connectivity index (χ2v) is 18.6. The topological polar surface area (TPSA) is 256 Å². The molecule has 3 rings (SSSR count). The number of aldehydes is 1. The van der Waals surface area contributed by atoms with Crippen LogP contribution in [0.5, 0.6) is 0 Å². The molecule has 6 amide bonds. The van der Waals surface area contributed by atoms with E-state index < -0.39 is 53.8 Å². The summed E-state index contributed by atoms with van der Waals surface area (Å²) in [4.78, 5) is 94.7. The molecular formula is C50H87N9O7. The van der Waals surface area contributed by atoms with E-state index in [2.05, 4.69) is 52.7 Å². The molecule has 374 valence electrons. The zero-order valence-electron chi connectivity index (χ0n) is 40.8. The summed E-state index contributed by atoms with van der Waals surface area (Å²) < 4.78 is 0. The number of carbonyl (C=O) groups excluding carboxylic acids is 7. The summed E-state index contributed by atoms with van der Waals surface area (Å²) in [6, 6.07) is 4.86. The van der Waals surface area contributed by atoms with Gasteiger partial charge >= 0.3 is 0 Å². The molecule has 1 aromatic carbocycles. The Morgan fingerprint density at radius 1 is 0.742 bits per heavy atom. The predicted octanol–water partition coefficient (Wildman–Crippen LogP) is 4.90. The first-order valence-electron chi connectivity index (χ1n) is 25.1. The van der Waals surface area contributed by atoms with Gasteiger partial charge in [0.25, 0.3) is 0 Å². The molecular weight excluding hydrogens is 839 g/mol. The Labute approximate surface area is 395 Å². The zero-order valence-corrected chi connectivity index (χ0v) is 40.8. The largest absolute Gasteiger partial charge is 0.355 e. The van der Waals surface area contributed by atoms with Crippen LogP contribution in [-0.4, -0.2) is 109 Å². The lowest BCUT2D eigenvalue weighted by atomic mass is 9.91. The minimum atomic E-state index is -0.969. The molecule has 0 spiro atoms. The molecule has 2 heterocycles. The third-order valence-electron chi connectivity index (χ3n) is 13.1. The fourth-order valence-electron chi connectivity index (χ4n) is 8.94. The maximum atomic E-state index is 14.2. The van der Waals surface area contributed by atoms with Gasteiger partial charge in [0, 0.05) is 19.5 Å². The highest BCUT2D eigenvalue weighted by Crippen LogP contribution is 2.22. The fourth-order valence-corrected chi connectivity index (χ4v) is 8.94. The van der Waals surface area contributed by atoms with Crippen LogP contribution in [0.3, 0.4) is 0 Å². The molecule has 0 aliphatic carbocycles. The van der Waals surface area contributed by atoms with Crippen molar-refractivity contribution in [3.05, 3.63) is 35.9 Å². The molecule has 0 saturated carbocycles. The van der Waals surface area contributed by atoms with Crippen molar-refractivity contribution in [2.24, 2.45) is 17.6 Å². The lowest BCUT2D eigenvalue weighted by molar-refractivity contribution is -0.142. The van der Waals surface area contributed by atoms with Gasteiger partial charge in [-0.05, 0) is 114 Å². The van der Waals surface area contributed by atoms with E-state index in [0.717, 1.165) is 56.0 Å². The lowest BCUT2D eigenvalue weighted by Gasteiger charge is -2.30. The van der Waals surface area contributed by atoms with Crippen LogP contribution in [0.15, 0.2) is 30.3 Å². The van der Waals surface area contributed by atoms with E-state index >= 15 is 0 Å². The fraction of sp³-hybridized carbons (Fsp3) is 0.740. The van der Waals surface area contributed by atoms with Crippen LogP contribution in [0.1, 0.15) is 162 Å². The minimum absolute atomic E-state index is 0. The summed E-state index contributed by atoms with van der Waals surface area (Å²) in [5.74, 6) is -0.681.